The minimum absolute atomic E-state index is 0.222. The number of carbonyl (C=O) groups excluding carboxylic acids is 1. The standard InChI is InChI=1S/C21H20FNO/c1-14-6-11-18-17(12-14)21-19(4-2-3-5-20(21)24)23(18)13-15-7-9-16(22)10-8-15/h6-12H,2-5,13H2,1H3. The second-order valence-corrected chi connectivity index (χ2v) is 6.69. The van der Waals surface area contributed by atoms with Crippen LogP contribution in [0.15, 0.2) is 42.5 Å². The summed E-state index contributed by atoms with van der Waals surface area (Å²) in [6.07, 6.45) is 3.56. The molecule has 0 atom stereocenters. The molecular formula is C21H20FNO. The first-order chi connectivity index (χ1) is 11.6. The van der Waals surface area contributed by atoms with Gasteiger partial charge < -0.3 is 4.57 Å². The molecule has 3 aromatic rings. The van der Waals surface area contributed by atoms with Crippen LogP contribution in [-0.2, 0) is 13.0 Å². The number of hydrogen-bond donors (Lipinski definition) is 0. The number of aromatic nitrogens is 1. The van der Waals surface area contributed by atoms with Gasteiger partial charge in [-0.15, -0.1) is 0 Å². The Kier molecular flexibility index (Phi) is 3.72. The number of rotatable bonds is 2. The number of ketones is 1. The average molecular weight is 321 g/mol. The van der Waals surface area contributed by atoms with Crippen LogP contribution in [0.3, 0.4) is 0 Å². The largest absolute Gasteiger partial charge is 0.339 e. The molecule has 0 saturated heterocycles. The molecule has 0 aliphatic heterocycles. The van der Waals surface area contributed by atoms with Crippen molar-refractivity contribution in [3.8, 4) is 0 Å². The number of Topliss-reactive ketones (excluding diaryl/α,β-unsaturated/α-hetero) is 1. The summed E-state index contributed by atoms with van der Waals surface area (Å²) in [6.45, 7) is 2.73. The van der Waals surface area contributed by atoms with Gasteiger partial charge in [-0.2, -0.15) is 0 Å². The molecule has 0 N–H and O–H groups in total. The van der Waals surface area contributed by atoms with E-state index in [4.69, 9.17) is 0 Å². The Morgan fingerprint density at radius 2 is 1.79 bits per heavy atom. The van der Waals surface area contributed by atoms with Crippen LogP contribution in [0.2, 0.25) is 0 Å². The van der Waals surface area contributed by atoms with E-state index in [1.54, 1.807) is 0 Å². The van der Waals surface area contributed by atoms with E-state index >= 15 is 0 Å². The maximum absolute atomic E-state index is 13.2. The summed E-state index contributed by atoms with van der Waals surface area (Å²) < 4.78 is 15.4. The molecule has 0 saturated carbocycles. The highest BCUT2D eigenvalue weighted by Crippen LogP contribution is 2.32. The van der Waals surface area contributed by atoms with Crippen LogP contribution < -0.4 is 0 Å². The minimum atomic E-state index is -0.222. The Labute approximate surface area is 140 Å². The predicted molar refractivity (Wildman–Crippen MR) is 94.1 cm³/mol. The van der Waals surface area contributed by atoms with Crippen LogP contribution in [-0.4, -0.2) is 10.4 Å². The van der Waals surface area contributed by atoms with Gasteiger partial charge in [-0.25, -0.2) is 4.39 Å². The second-order valence-electron chi connectivity index (χ2n) is 6.69. The predicted octanol–water partition coefficient (Wildman–Crippen LogP) is 5.05. The van der Waals surface area contributed by atoms with Gasteiger partial charge in [0, 0.05) is 35.1 Å². The summed E-state index contributed by atoms with van der Waals surface area (Å²) in [6, 6.07) is 13.0. The monoisotopic (exact) mass is 321 g/mol. The zero-order chi connectivity index (χ0) is 16.7. The first kappa shape index (κ1) is 15.1. The van der Waals surface area contributed by atoms with Crippen LogP contribution in [0, 0.1) is 12.7 Å². The van der Waals surface area contributed by atoms with Crippen molar-refractivity contribution in [3.63, 3.8) is 0 Å². The average Bonchev–Trinajstić information content (AvgIpc) is 2.72. The maximum atomic E-state index is 13.2. The van der Waals surface area contributed by atoms with Crippen molar-refractivity contribution >= 4 is 16.7 Å². The van der Waals surface area contributed by atoms with Gasteiger partial charge in [0.25, 0.3) is 0 Å². The van der Waals surface area contributed by atoms with E-state index in [2.05, 4.69) is 29.7 Å². The fraction of sp³-hybridized carbons (Fsp3) is 0.286. The van der Waals surface area contributed by atoms with E-state index in [0.717, 1.165) is 47.0 Å². The lowest BCUT2D eigenvalue weighted by atomic mass is 10.0. The molecule has 1 heterocycles. The topological polar surface area (TPSA) is 22.0 Å². The minimum Gasteiger partial charge on any atom is -0.339 e. The number of fused-ring (bicyclic) bond motifs is 3. The Bertz CT molecular complexity index is 921. The van der Waals surface area contributed by atoms with Crippen LogP contribution in [0.1, 0.15) is 46.4 Å². The lowest BCUT2D eigenvalue weighted by molar-refractivity contribution is 0.0983. The molecule has 122 valence electrons. The van der Waals surface area contributed by atoms with Crippen molar-refractivity contribution in [2.75, 3.05) is 0 Å². The number of aryl methyl sites for hydroxylation is 1. The van der Waals surface area contributed by atoms with E-state index in [-0.39, 0.29) is 11.6 Å². The number of halogens is 1. The van der Waals surface area contributed by atoms with E-state index in [1.807, 2.05) is 12.1 Å². The summed E-state index contributed by atoms with van der Waals surface area (Å²) in [7, 11) is 0. The van der Waals surface area contributed by atoms with Gasteiger partial charge in [-0.3, -0.25) is 4.79 Å². The third kappa shape index (κ3) is 2.54. The van der Waals surface area contributed by atoms with Gasteiger partial charge in [-0.1, -0.05) is 23.8 Å². The third-order valence-corrected chi connectivity index (χ3v) is 4.93. The van der Waals surface area contributed by atoms with Crippen LogP contribution in [0.4, 0.5) is 4.39 Å². The first-order valence-electron chi connectivity index (χ1n) is 8.53. The molecule has 2 nitrogen and oxygen atoms in total. The highest BCUT2D eigenvalue weighted by atomic mass is 19.1. The van der Waals surface area contributed by atoms with E-state index in [1.165, 1.54) is 17.7 Å². The SMILES string of the molecule is Cc1ccc2c(c1)c1c(n2Cc2ccc(F)cc2)CCCCC1=O. The molecule has 1 aliphatic carbocycles. The summed E-state index contributed by atoms with van der Waals surface area (Å²) in [5.41, 5.74) is 5.37. The molecule has 24 heavy (non-hydrogen) atoms. The summed E-state index contributed by atoms with van der Waals surface area (Å²) in [5.74, 6) is 0.0386. The van der Waals surface area contributed by atoms with E-state index < -0.39 is 0 Å². The molecule has 0 amide bonds. The fourth-order valence-corrected chi connectivity index (χ4v) is 3.75. The van der Waals surface area contributed by atoms with Gasteiger partial charge in [-0.05, 0) is 56.0 Å². The number of benzene rings is 2. The lowest BCUT2D eigenvalue weighted by Gasteiger charge is -2.11. The molecular weight excluding hydrogens is 301 g/mol. The van der Waals surface area contributed by atoms with Crippen LogP contribution in [0.5, 0.6) is 0 Å². The summed E-state index contributed by atoms with van der Waals surface area (Å²) in [5, 5.41) is 1.07. The van der Waals surface area contributed by atoms with Gasteiger partial charge in [0.05, 0.1) is 0 Å². The molecule has 0 radical (unpaired) electrons. The molecule has 4 rings (SSSR count). The Balaban J connectivity index is 1.92. The molecule has 1 aromatic heterocycles. The van der Waals surface area contributed by atoms with Gasteiger partial charge in [0.2, 0.25) is 0 Å². The highest BCUT2D eigenvalue weighted by Gasteiger charge is 2.24. The normalized spacial score (nSPS) is 14.7. The van der Waals surface area contributed by atoms with E-state index in [9.17, 15) is 9.18 Å². The number of nitrogens with zero attached hydrogens (tertiary/aromatic N) is 1. The number of carbonyl (C=O) groups is 1. The van der Waals surface area contributed by atoms with Crippen molar-refractivity contribution in [1.82, 2.24) is 4.57 Å². The molecule has 3 heteroatoms. The summed E-state index contributed by atoms with van der Waals surface area (Å²) in [4.78, 5) is 12.7. The molecule has 0 unspecified atom stereocenters. The maximum Gasteiger partial charge on any atom is 0.165 e. The van der Waals surface area contributed by atoms with Crippen molar-refractivity contribution in [1.29, 1.82) is 0 Å². The molecule has 0 spiro atoms. The molecule has 0 bridgehead atoms. The quantitative estimate of drug-likeness (QED) is 0.606. The number of hydrogen-bond acceptors (Lipinski definition) is 1. The van der Waals surface area contributed by atoms with Crippen LogP contribution in [0.25, 0.3) is 10.9 Å². The smallest absolute Gasteiger partial charge is 0.165 e. The second kappa shape index (κ2) is 5.90. The molecule has 0 fully saturated rings. The van der Waals surface area contributed by atoms with E-state index in [0.29, 0.717) is 13.0 Å². The van der Waals surface area contributed by atoms with Crippen molar-refractivity contribution in [2.45, 2.75) is 39.2 Å². The van der Waals surface area contributed by atoms with Gasteiger partial charge in [0.1, 0.15) is 5.82 Å². The fourth-order valence-electron chi connectivity index (χ4n) is 3.75. The zero-order valence-electron chi connectivity index (χ0n) is 13.8. The first-order valence-corrected chi connectivity index (χ1v) is 8.53. The Morgan fingerprint density at radius 3 is 2.58 bits per heavy atom. The highest BCUT2D eigenvalue weighted by molar-refractivity contribution is 6.10. The summed E-state index contributed by atoms with van der Waals surface area (Å²) >= 11 is 0. The van der Waals surface area contributed by atoms with Gasteiger partial charge >= 0.3 is 0 Å². The van der Waals surface area contributed by atoms with Gasteiger partial charge in [0.15, 0.2) is 5.78 Å². The third-order valence-electron chi connectivity index (χ3n) is 4.93. The molecule has 1 aliphatic rings. The Morgan fingerprint density at radius 1 is 1.04 bits per heavy atom. The van der Waals surface area contributed by atoms with Crippen molar-refractivity contribution in [2.24, 2.45) is 0 Å². The Hall–Kier alpha value is -2.42. The zero-order valence-corrected chi connectivity index (χ0v) is 13.8. The van der Waals surface area contributed by atoms with Crippen LogP contribution >= 0.6 is 0 Å². The van der Waals surface area contributed by atoms with Crippen molar-refractivity contribution < 1.29 is 9.18 Å². The lowest BCUT2D eigenvalue weighted by Crippen LogP contribution is -2.06. The molecule has 2 aromatic carbocycles. The van der Waals surface area contributed by atoms with Crippen molar-refractivity contribution in [3.05, 3.63) is 70.7 Å².